The molecule has 0 spiro atoms. The first-order valence-corrected chi connectivity index (χ1v) is 7.46. The van der Waals surface area contributed by atoms with Gasteiger partial charge in [-0.3, -0.25) is 4.79 Å². The maximum atomic E-state index is 11.6. The average molecular weight is 289 g/mol. The van der Waals surface area contributed by atoms with Crippen LogP contribution >= 0.6 is 11.6 Å². The minimum Gasteiger partial charge on any atom is -0.493 e. The Balaban J connectivity index is 1.71. The Morgan fingerprint density at radius 1 is 1.15 bits per heavy atom. The fourth-order valence-corrected chi connectivity index (χ4v) is 3.09. The van der Waals surface area contributed by atoms with Crippen LogP contribution in [0.4, 0.5) is 0 Å². The number of hydrogen-bond donors (Lipinski definition) is 0. The van der Waals surface area contributed by atoms with Gasteiger partial charge in [-0.05, 0) is 31.4 Å². The van der Waals surface area contributed by atoms with Crippen LogP contribution in [0.15, 0.2) is 36.4 Å². The number of carbonyl (C=O) groups is 1. The molecule has 0 bridgehead atoms. The Bertz CT molecular complexity index is 636. The van der Waals surface area contributed by atoms with Crippen molar-refractivity contribution >= 4 is 28.2 Å². The van der Waals surface area contributed by atoms with Crippen molar-refractivity contribution < 1.29 is 9.53 Å². The van der Waals surface area contributed by atoms with Gasteiger partial charge < -0.3 is 4.74 Å². The Hall–Kier alpha value is -1.54. The summed E-state index contributed by atoms with van der Waals surface area (Å²) in [5.41, 5.74) is 0. The van der Waals surface area contributed by atoms with Crippen molar-refractivity contribution in [3.8, 4) is 5.75 Å². The first-order valence-electron chi connectivity index (χ1n) is 7.08. The maximum Gasteiger partial charge on any atom is 0.136 e. The number of halogens is 1. The lowest BCUT2D eigenvalue weighted by molar-refractivity contribution is -0.120. The largest absolute Gasteiger partial charge is 0.493 e. The lowest BCUT2D eigenvalue weighted by Crippen LogP contribution is -2.11. The summed E-state index contributed by atoms with van der Waals surface area (Å²) in [6.45, 7) is 0.585. The molecule has 1 atom stereocenters. The first kappa shape index (κ1) is 13.4. The van der Waals surface area contributed by atoms with Crippen LogP contribution in [0.1, 0.15) is 25.7 Å². The van der Waals surface area contributed by atoms with Gasteiger partial charge in [0, 0.05) is 28.1 Å². The number of hydrogen-bond acceptors (Lipinski definition) is 2. The van der Waals surface area contributed by atoms with E-state index in [4.69, 9.17) is 16.3 Å². The van der Waals surface area contributed by atoms with Crippen molar-refractivity contribution in [2.45, 2.75) is 25.7 Å². The molecule has 2 aromatic carbocycles. The summed E-state index contributed by atoms with van der Waals surface area (Å²) in [6.07, 6.45) is 3.61. The zero-order valence-electron chi connectivity index (χ0n) is 11.3. The Morgan fingerprint density at radius 2 is 1.95 bits per heavy atom. The molecule has 20 heavy (non-hydrogen) atoms. The predicted octanol–water partition coefficient (Wildman–Crippen LogP) is 4.63. The highest BCUT2D eigenvalue weighted by Gasteiger charge is 2.23. The van der Waals surface area contributed by atoms with Gasteiger partial charge in [0.15, 0.2) is 0 Å². The van der Waals surface area contributed by atoms with E-state index in [2.05, 4.69) is 0 Å². The van der Waals surface area contributed by atoms with Gasteiger partial charge in [0.05, 0.1) is 6.61 Å². The van der Waals surface area contributed by atoms with Gasteiger partial charge in [-0.2, -0.15) is 0 Å². The van der Waals surface area contributed by atoms with Gasteiger partial charge in [-0.15, -0.1) is 0 Å². The van der Waals surface area contributed by atoms with Crippen LogP contribution in [0.25, 0.3) is 10.8 Å². The van der Waals surface area contributed by atoms with Crippen molar-refractivity contribution in [1.29, 1.82) is 0 Å². The molecule has 0 amide bonds. The highest BCUT2D eigenvalue weighted by Crippen LogP contribution is 2.32. The van der Waals surface area contributed by atoms with E-state index in [0.29, 0.717) is 12.4 Å². The van der Waals surface area contributed by atoms with E-state index >= 15 is 0 Å². The van der Waals surface area contributed by atoms with E-state index in [1.165, 1.54) is 0 Å². The van der Waals surface area contributed by atoms with E-state index < -0.39 is 0 Å². The highest BCUT2D eigenvalue weighted by atomic mass is 35.5. The molecular formula is C17H17ClO2. The molecule has 0 radical (unpaired) electrons. The molecule has 0 saturated heterocycles. The van der Waals surface area contributed by atoms with Crippen molar-refractivity contribution in [2.75, 3.05) is 6.61 Å². The normalized spacial score (nSPS) is 18.6. The Labute approximate surface area is 123 Å². The molecule has 104 valence electrons. The smallest absolute Gasteiger partial charge is 0.136 e. The van der Waals surface area contributed by atoms with Crippen molar-refractivity contribution in [3.05, 3.63) is 41.4 Å². The van der Waals surface area contributed by atoms with Gasteiger partial charge in [0.2, 0.25) is 0 Å². The van der Waals surface area contributed by atoms with E-state index in [9.17, 15) is 4.79 Å². The summed E-state index contributed by atoms with van der Waals surface area (Å²) in [6, 6.07) is 11.7. The summed E-state index contributed by atoms with van der Waals surface area (Å²) in [7, 11) is 0. The minimum absolute atomic E-state index is 0.202. The third kappa shape index (κ3) is 2.66. The predicted molar refractivity (Wildman–Crippen MR) is 81.4 cm³/mol. The minimum atomic E-state index is 0.202. The highest BCUT2D eigenvalue weighted by molar-refractivity contribution is 6.35. The SMILES string of the molecule is O=C1CCCC1CCOc1ccc(Cl)c2ccccc12. The fourth-order valence-electron chi connectivity index (χ4n) is 2.86. The molecule has 1 saturated carbocycles. The van der Waals surface area contributed by atoms with Crippen LogP contribution in [-0.4, -0.2) is 12.4 Å². The summed E-state index contributed by atoms with van der Waals surface area (Å²) in [4.78, 5) is 11.6. The first-order chi connectivity index (χ1) is 9.75. The van der Waals surface area contributed by atoms with Gasteiger partial charge in [0.25, 0.3) is 0 Å². The molecule has 1 unspecified atom stereocenters. The van der Waals surface area contributed by atoms with Crippen LogP contribution in [0.5, 0.6) is 5.75 Å². The number of fused-ring (bicyclic) bond motifs is 1. The van der Waals surface area contributed by atoms with Gasteiger partial charge in [-0.1, -0.05) is 35.9 Å². The third-order valence-electron chi connectivity index (χ3n) is 3.99. The Morgan fingerprint density at radius 3 is 2.70 bits per heavy atom. The number of ether oxygens (including phenoxy) is 1. The molecule has 0 aliphatic heterocycles. The molecule has 1 aliphatic carbocycles. The summed E-state index contributed by atoms with van der Waals surface area (Å²) in [5.74, 6) is 1.44. The van der Waals surface area contributed by atoms with Crippen LogP contribution in [0, 0.1) is 5.92 Å². The van der Waals surface area contributed by atoms with Crippen molar-refractivity contribution in [3.63, 3.8) is 0 Å². The zero-order chi connectivity index (χ0) is 13.9. The molecule has 2 nitrogen and oxygen atoms in total. The molecule has 0 aromatic heterocycles. The number of ketones is 1. The summed E-state index contributed by atoms with van der Waals surface area (Å²) < 4.78 is 5.87. The number of carbonyl (C=O) groups excluding carboxylic acids is 1. The van der Waals surface area contributed by atoms with Crippen molar-refractivity contribution in [1.82, 2.24) is 0 Å². The molecule has 1 aliphatic rings. The second-order valence-corrected chi connectivity index (χ2v) is 5.69. The molecule has 1 fully saturated rings. The summed E-state index contributed by atoms with van der Waals surface area (Å²) in [5, 5.41) is 2.76. The van der Waals surface area contributed by atoms with Gasteiger partial charge in [0.1, 0.15) is 11.5 Å². The topological polar surface area (TPSA) is 26.3 Å². The maximum absolute atomic E-state index is 11.6. The van der Waals surface area contributed by atoms with E-state index in [1.54, 1.807) is 0 Å². The average Bonchev–Trinajstić information content (AvgIpc) is 2.87. The van der Waals surface area contributed by atoms with E-state index in [1.807, 2.05) is 36.4 Å². The lowest BCUT2D eigenvalue weighted by Gasteiger charge is -2.12. The summed E-state index contributed by atoms with van der Waals surface area (Å²) >= 11 is 6.19. The van der Waals surface area contributed by atoms with Crippen LogP contribution in [0.2, 0.25) is 5.02 Å². The fraction of sp³-hybridized carbons (Fsp3) is 0.353. The lowest BCUT2D eigenvalue weighted by atomic mass is 10.0. The van der Waals surface area contributed by atoms with Gasteiger partial charge in [-0.25, -0.2) is 0 Å². The van der Waals surface area contributed by atoms with Gasteiger partial charge >= 0.3 is 0 Å². The second kappa shape index (κ2) is 5.84. The molecule has 0 heterocycles. The van der Waals surface area contributed by atoms with E-state index in [0.717, 1.165) is 47.2 Å². The number of rotatable bonds is 4. The number of Topliss-reactive ketones (excluding diaryl/α,β-unsaturated/α-hetero) is 1. The van der Waals surface area contributed by atoms with Crippen LogP contribution in [-0.2, 0) is 4.79 Å². The van der Waals surface area contributed by atoms with Crippen LogP contribution in [0.3, 0.4) is 0 Å². The number of benzene rings is 2. The molecule has 3 heteroatoms. The standard InChI is InChI=1S/C17H17ClO2/c18-15-8-9-17(14-6-2-1-5-13(14)15)20-11-10-12-4-3-7-16(12)19/h1-2,5-6,8-9,12H,3-4,7,10-11H2. The van der Waals surface area contributed by atoms with Crippen LogP contribution < -0.4 is 4.74 Å². The second-order valence-electron chi connectivity index (χ2n) is 5.28. The molecule has 2 aromatic rings. The molecule has 0 N–H and O–H groups in total. The molecule has 3 rings (SSSR count). The third-order valence-corrected chi connectivity index (χ3v) is 4.32. The Kier molecular flexibility index (Phi) is 3.93. The van der Waals surface area contributed by atoms with E-state index in [-0.39, 0.29) is 5.92 Å². The van der Waals surface area contributed by atoms with Crippen molar-refractivity contribution in [2.24, 2.45) is 5.92 Å². The monoisotopic (exact) mass is 288 g/mol. The zero-order valence-corrected chi connectivity index (χ0v) is 12.0. The molecular weight excluding hydrogens is 272 g/mol. The quantitative estimate of drug-likeness (QED) is 0.820.